The number of carbonyl (C=O) groups excluding carboxylic acids is 5. The molecule has 3 aromatic rings. The van der Waals surface area contributed by atoms with Gasteiger partial charge in [-0.15, -0.1) is 0 Å². The van der Waals surface area contributed by atoms with Crippen molar-refractivity contribution >= 4 is 46.4 Å². The molecule has 0 aliphatic heterocycles. The van der Waals surface area contributed by atoms with Gasteiger partial charge >= 0.3 is 5.97 Å². The van der Waals surface area contributed by atoms with Crippen LogP contribution in [-0.2, 0) is 41.6 Å². The first-order chi connectivity index (χ1) is 20.8. The van der Waals surface area contributed by atoms with E-state index in [0.717, 1.165) is 10.9 Å². The second-order valence-corrected chi connectivity index (χ2v) is 10.2. The molecule has 234 valence electrons. The Kier molecular flexibility index (Phi) is 11.4. The standard InChI is InChI=1S/C29H35N7O8/c30-19(11-15-5-7-17(37)8-6-15)26(40)34-21(9-10-24(31)38)27(41)35-22(13-25(32)39)28(42)36-23(29(43)44)12-16-14-33-20-4-2-1-3-18(16)20/h1-8,14,19,21-23,33,37H,9-13,30H2,(H2,31,38)(H2,32,39)(H,34,40)(H,35,41)(H,36,42)(H,43,44). The summed E-state index contributed by atoms with van der Waals surface area (Å²) >= 11 is 0. The topological polar surface area (TPSA) is 273 Å². The molecule has 2 aromatic carbocycles. The summed E-state index contributed by atoms with van der Waals surface area (Å²) in [7, 11) is 0. The van der Waals surface area contributed by atoms with Crippen LogP contribution in [0.25, 0.3) is 10.9 Å². The number of rotatable bonds is 16. The molecule has 1 aromatic heterocycles. The van der Waals surface area contributed by atoms with Crippen molar-refractivity contribution in [3.05, 3.63) is 65.9 Å². The number of nitrogens with one attached hydrogen (secondary N) is 4. The average molecular weight is 610 g/mol. The van der Waals surface area contributed by atoms with Crippen LogP contribution in [0.1, 0.15) is 30.4 Å². The van der Waals surface area contributed by atoms with E-state index in [9.17, 15) is 39.0 Å². The number of primary amides is 2. The molecule has 0 radical (unpaired) electrons. The largest absolute Gasteiger partial charge is 0.508 e. The van der Waals surface area contributed by atoms with Crippen molar-refractivity contribution < 1.29 is 39.0 Å². The number of para-hydroxylation sites is 1. The Labute approximate surface area is 251 Å². The van der Waals surface area contributed by atoms with Crippen LogP contribution in [0.2, 0.25) is 0 Å². The van der Waals surface area contributed by atoms with Gasteiger partial charge in [0.25, 0.3) is 0 Å². The zero-order valence-electron chi connectivity index (χ0n) is 23.6. The molecule has 0 saturated heterocycles. The molecule has 12 N–H and O–H groups in total. The lowest BCUT2D eigenvalue weighted by molar-refractivity contribution is -0.142. The van der Waals surface area contributed by atoms with Crippen molar-refractivity contribution in [2.45, 2.75) is 56.3 Å². The number of benzene rings is 2. The second kappa shape index (κ2) is 15.2. The number of aromatic hydroxyl groups is 1. The number of aromatic nitrogens is 1. The Morgan fingerprint density at radius 3 is 2.02 bits per heavy atom. The van der Waals surface area contributed by atoms with E-state index in [4.69, 9.17) is 17.2 Å². The molecule has 0 aliphatic rings. The van der Waals surface area contributed by atoms with Gasteiger partial charge in [0.15, 0.2) is 0 Å². The predicted octanol–water partition coefficient (Wildman–Crippen LogP) is -1.33. The van der Waals surface area contributed by atoms with Crippen LogP contribution in [-0.4, -0.2) is 74.9 Å². The predicted molar refractivity (Wildman–Crippen MR) is 157 cm³/mol. The van der Waals surface area contributed by atoms with Crippen molar-refractivity contribution in [1.29, 1.82) is 0 Å². The summed E-state index contributed by atoms with van der Waals surface area (Å²) in [6, 6.07) is 7.57. The number of H-pyrrole nitrogens is 1. The molecule has 4 unspecified atom stereocenters. The molecular formula is C29H35N7O8. The van der Waals surface area contributed by atoms with Crippen LogP contribution in [0.5, 0.6) is 5.75 Å². The average Bonchev–Trinajstić information content (AvgIpc) is 3.37. The van der Waals surface area contributed by atoms with Gasteiger partial charge in [-0.05, 0) is 42.2 Å². The van der Waals surface area contributed by atoms with E-state index < -0.39 is 66.1 Å². The molecular weight excluding hydrogens is 574 g/mol. The fourth-order valence-corrected chi connectivity index (χ4v) is 4.49. The van der Waals surface area contributed by atoms with Gasteiger partial charge in [0.2, 0.25) is 29.5 Å². The highest BCUT2D eigenvalue weighted by Gasteiger charge is 2.32. The second-order valence-electron chi connectivity index (χ2n) is 10.2. The Balaban J connectivity index is 1.72. The van der Waals surface area contributed by atoms with Gasteiger partial charge in [0.1, 0.15) is 23.9 Å². The monoisotopic (exact) mass is 609 g/mol. The zero-order valence-corrected chi connectivity index (χ0v) is 23.6. The third-order valence-electron chi connectivity index (χ3n) is 6.79. The highest BCUT2D eigenvalue weighted by Crippen LogP contribution is 2.19. The van der Waals surface area contributed by atoms with Crippen LogP contribution >= 0.6 is 0 Å². The number of carboxylic acid groups (broad SMARTS) is 1. The lowest BCUT2D eigenvalue weighted by atomic mass is 10.0. The van der Waals surface area contributed by atoms with E-state index >= 15 is 0 Å². The zero-order chi connectivity index (χ0) is 32.4. The fraction of sp³-hybridized carbons (Fsp3) is 0.310. The van der Waals surface area contributed by atoms with Crippen molar-refractivity contribution in [3.8, 4) is 5.75 Å². The maximum atomic E-state index is 13.2. The Morgan fingerprint density at radius 1 is 0.773 bits per heavy atom. The van der Waals surface area contributed by atoms with Crippen LogP contribution in [0.4, 0.5) is 0 Å². The number of carboxylic acids is 1. The molecule has 0 saturated carbocycles. The van der Waals surface area contributed by atoms with Gasteiger partial charge in [-0.3, -0.25) is 24.0 Å². The van der Waals surface area contributed by atoms with Gasteiger partial charge in [0.05, 0.1) is 12.5 Å². The molecule has 44 heavy (non-hydrogen) atoms. The molecule has 0 fully saturated rings. The summed E-state index contributed by atoms with van der Waals surface area (Å²) < 4.78 is 0. The first kappa shape index (κ1) is 33.1. The van der Waals surface area contributed by atoms with Crippen LogP contribution in [0, 0.1) is 0 Å². The number of aromatic amines is 1. The minimum absolute atomic E-state index is 0.0251. The minimum Gasteiger partial charge on any atom is -0.508 e. The fourth-order valence-electron chi connectivity index (χ4n) is 4.49. The third-order valence-corrected chi connectivity index (χ3v) is 6.79. The number of phenolic OH excluding ortho intramolecular Hbond substituents is 1. The Hall–Kier alpha value is -5.44. The number of fused-ring (bicyclic) bond motifs is 1. The maximum Gasteiger partial charge on any atom is 0.326 e. The van der Waals surface area contributed by atoms with E-state index in [2.05, 4.69) is 20.9 Å². The first-order valence-corrected chi connectivity index (χ1v) is 13.6. The number of amides is 5. The molecule has 0 aliphatic carbocycles. The van der Waals surface area contributed by atoms with Crippen LogP contribution in [0.3, 0.4) is 0 Å². The van der Waals surface area contributed by atoms with E-state index in [-0.39, 0.29) is 31.4 Å². The van der Waals surface area contributed by atoms with E-state index in [1.807, 2.05) is 0 Å². The highest BCUT2D eigenvalue weighted by atomic mass is 16.4. The first-order valence-electron chi connectivity index (χ1n) is 13.6. The quantitative estimate of drug-likeness (QED) is 0.0929. The van der Waals surface area contributed by atoms with Crippen molar-refractivity contribution in [2.75, 3.05) is 0 Å². The number of hydrogen-bond acceptors (Lipinski definition) is 8. The number of phenols is 1. The molecule has 15 heteroatoms. The molecule has 5 amide bonds. The van der Waals surface area contributed by atoms with Gasteiger partial charge < -0.3 is 48.3 Å². The van der Waals surface area contributed by atoms with Gasteiger partial charge in [0, 0.05) is 29.9 Å². The Bertz CT molecular complexity index is 1520. The summed E-state index contributed by atoms with van der Waals surface area (Å²) in [4.78, 5) is 77.5. The Morgan fingerprint density at radius 2 is 1.39 bits per heavy atom. The van der Waals surface area contributed by atoms with Crippen molar-refractivity contribution in [2.24, 2.45) is 17.2 Å². The summed E-state index contributed by atoms with van der Waals surface area (Å²) in [6.45, 7) is 0. The van der Waals surface area contributed by atoms with Crippen molar-refractivity contribution in [1.82, 2.24) is 20.9 Å². The molecule has 4 atom stereocenters. The van der Waals surface area contributed by atoms with Gasteiger partial charge in [-0.2, -0.15) is 0 Å². The minimum atomic E-state index is -1.61. The van der Waals surface area contributed by atoms with Gasteiger partial charge in [-0.1, -0.05) is 30.3 Å². The van der Waals surface area contributed by atoms with Crippen LogP contribution in [0.15, 0.2) is 54.7 Å². The van der Waals surface area contributed by atoms with E-state index in [0.29, 0.717) is 11.1 Å². The normalized spacial score (nSPS) is 13.7. The number of aliphatic carboxylic acids is 1. The summed E-state index contributed by atoms with van der Waals surface area (Å²) in [5.74, 6) is -5.79. The lowest BCUT2D eigenvalue weighted by Gasteiger charge is -2.24. The summed E-state index contributed by atoms with van der Waals surface area (Å²) in [6.07, 6.45) is 0.294. The number of hydrogen-bond donors (Lipinski definition) is 9. The van der Waals surface area contributed by atoms with Crippen LogP contribution < -0.4 is 33.2 Å². The summed E-state index contributed by atoms with van der Waals surface area (Å²) in [5, 5.41) is 27.1. The third kappa shape index (κ3) is 9.55. The number of nitrogens with two attached hydrogens (primary N) is 3. The maximum absolute atomic E-state index is 13.2. The molecule has 0 bridgehead atoms. The smallest absolute Gasteiger partial charge is 0.326 e. The van der Waals surface area contributed by atoms with Crippen molar-refractivity contribution in [3.63, 3.8) is 0 Å². The molecule has 1 heterocycles. The molecule has 15 nitrogen and oxygen atoms in total. The van der Waals surface area contributed by atoms with E-state index in [1.165, 1.54) is 12.1 Å². The van der Waals surface area contributed by atoms with E-state index in [1.54, 1.807) is 42.6 Å². The summed E-state index contributed by atoms with van der Waals surface area (Å²) in [5.41, 5.74) is 18.5. The number of carbonyl (C=O) groups is 6. The molecule has 0 spiro atoms. The SMILES string of the molecule is NC(=O)CCC(NC(=O)C(N)Cc1ccc(O)cc1)C(=O)NC(CC(N)=O)C(=O)NC(Cc1c[nH]c2ccccc12)C(=O)O. The van der Waals surface area contributed by atoms with Gasteiger partial charge in [-0.25, -0.2) is 4.79 Å². The lowest BCUT2D eigenvalue weighted by Crippen LogP contribution is -2.58. The molecule has 3 rings (SSSR count). The highest BCUT2D eigenvalue weighted by molar-refractivity contribution is 5.96.